The second-order valence-corrected chi connectivity index (χ2v) is 7.00. The third-order valence-electron chi connectivity index (χ3n) is 5.07. The molecule has 1 aromatic carbocycles. The first-order valence-electron chi connectivity index (χ1n) is 10.4. The van der Waals surface area contributed by atoms with Crippen LogP contribution in [0.2, 0.25) is 0 Å². The van der Waals surface area contributed by atoms with Crippen molar-refractivity contribution in [1.82, 2.24) is 9.97 Å². The van der Waals surface area contributed by atoms with Gasteiger partial charge in [-0.05, 0) is 50.8 Å². The summed E-state index contributed by atoms with van der Waals surface area (Å²) in [7, 11) is 0. The van der Waals surface area contributed by atoms with Crippen LogP contribution in [0.1, 0.15) is 38.7 Å². The quantitative estimate of drug-likeness (QED) is 0.611. The summed E-state index contributed by atoms with van der Waals surface area (Å²) in [6.07, 6.45) is 7.69. The van der Waals surface area contributed by atoms with Gasteiger partial charge in [-0.1, -0.05) is 6.07 Å². The maximum absolute atomic E-state index is 10.8. The molecule has 1 fully saturated rings. The Morgan fingerprint density at radius 1 is 1.24 bits per heavy atom. The molecule has 1 aliphatic rings. The van der Waals surface area contributed by atoms with Crippen LogP contribution in [0, 0.1) is 0 Å². The van der Waals surface area contributed by atoms with Crippen LogP contribution in [0.5, 0.6) is 6.01 Å². The van der Waals surface area contributed by atoms with Gasteiger partial charge in [0.05, 0.1) is 36.1 Å². The third kappa shape index (κ3) is 5.67. The number of carbonyl (C=O) groups excluding carboxylic acids is 1. The molecule has 0 atom stereocenters. The molecule has 0 bridgehead atoms. The maximum Gasteiger partial charge on any atom is 0.316 e. The molecule has 1 N–H and O–H groups in total. The molecule has 2 heterocycles. The minimum Gasteiger partial charge on any atom is -0.464 e. The predicted octanol–water partition coefficient (Wildman–Crippen LogP) is 3.76. The highest BCUT2D eigenvalue weighted by molar-refractivity contribution is 5.76. The minimum atomic E-state index is 0.371. The highest BCUT2D eigenvalue weighted by Gasteiger charge is 2.23. The van der Waals surface area contributed by atoms with E-state index in [0.29, 0.717) is 25.1 Å². The van der Waals surface area contributed by atoms with Crippen molar-refractivity contribution in [2.75, 3.05) is 36.6 Å². The number of ether oxygens (including phenoxy) is 2. The van der Waals surface area contributed by atoms with Gasteiger partial charge in [0.15, 0.2) is 0 Å². The van der Waals surface area contributed by atoms with Crippen molar-refractivity contribution >= 4 is 23.3 Å². The smallest absolute Gasteiger partial charge is 0.316 e. The number of nitrogens with one attached hydrogen (secondary N) is 1. The Hall–Kier alpha value is -2.67. The summed E-state index contributed by atoms with van der Waals surface area (Å²) in [5, 5.41) is 3.47. The first kappa shape index (κ1) is 21.0. The van der Waals surface area contributed by atoms with Crippen LogP contribution < -0.4 is 15.0 Å². The van der Waals surface area contributed by atoms with Crippen LogP contribution in [-0.4, -0.2) is 48.7 Å². The molecule has 7 heteroatoms. The van der Waals surface area contributed by atoms with Crippen LogP contribution >= 0.6 is 0 Å². The fourth-order valence-electron chi connectivity index (χ4n) is 3.68. The summed E-state index contributed by atoms with van der Waals surface area (Å²) in [4.78, 5) is 21.7. The molecule has 7 nitrogen and oxygen atoms in total. The Morgan fingerprint density at radius 3 is 2.66 bits per heavy atom. The molecule has 0 radical (unpaired) electrons. The number of anilines is 3. The first-order valence-corrected chi connectivity index (χ1v) is 10.4. The van der Waals surface area contributed by atoms with Crippen LogP contribution in [0.4, 0.5) is 17.1 Å². The number of rotatable bonds is 10. The van der Waals surface area contributed by atoms with E-state index in [0.717, 1.165) is 67.9 Å². The molecule has 0 amide bonds. The minimum absolute atomic E-state index is 0.371. The van der Waals surface area contributed by atoms with E-state index in [1.165, 1.54) is 0 Å². The summed E-state index contributed by atoms with van der Waals surface area (Å²) in [5.41, 5.74) is 4.06. The molecule has 1 aliphatic heterocycles. The van der Waals surface area contributed by atoms with Crippen LogP contribution in [0.3, 0.4) is 0 Å². The van der Waals surface area contributed by atoms with E-state index < -0.39 is 0 Å². The normalized spacial score (nSPS) is 14.4. The number of nitrogens with zero attached hydrogens (tertiary/aromatic N) is 3. The lowest BCUT2D eigenvalue weighted by molar-refractivity contribution is -0.107. The number of aromatic nitrogens is 2. The Labute approximate surface area is 172 Å². The van der Waals surface area contributed by atoms with Crippen LogP contribution in [0.15, 0.2) is 30.6 Å². The van der Waals surface area contributed by atoms with E-state index in [9.17, 15) is 4.79 Å². The van der Waals surface area contributed by atoms with Crippen molar-refractivity contribution in [3.63, 3.8) is 0 Å². The molecule has 0 unspecified atom stereocenters. The van der Waals surface area contributed by atoms with Crippen LogP contribution in [0.25, 0.3) is 0 Å². The summed E-state index contributed by atoms with van der Waals surface area (Å²) in [6.45, 7) is 7.13. The summed E-state index contributed by atoms with van der Waals surface area (Å²) < 4.78 is 10.9. The van der Waals surface area contributed by atoms with Crippen molar-refractivity contribution in [1.29, 1.82) is 0 Å². The largest absolute Gasteiger partial charge is 0.464 e. The van der Waals surface area contributed by atoms with Gasteiger partial charge in [0.1, 0.15) is 6.29 Å². The van der Waals surface area contributed by atoms with Crippen molar-refractivity contribution < 1.29 is 14.3 Å². The van der Waals surface area contributed by atoms with Gasteiger partial charge in [0.25, 0.3) is 0 Å². The highest BCUT2D eigenvalue weighted by Crippen LogP contribution is 2.33. The van der Waals surface area contributed by atoms with Crippen LogP contribution in [-0.2, 0) is 16.0 Å². The van der Waals surface area contributed by atoms with Gasteiger partial charge < -0.3 is 24.5 Å². The molecule has 3 rings (SSSR count). The molecule has 0 spiro atoms. The van der Waals surface area contributed by atoms with Crippen molar-refractivity contribution in [3.05, 3.63) is 36.2 Å². The van der Waals surface area contributed by atoms with Gasteiger partial charge in [-0.25, -0.2) is 9.97 Å². The van der Waals surface area contributed by atoms with Gasteiger partial charge in [-0.3, -0.25) is 0 Å². The Morgan fingerprint density at radius 2 is 2.00 bits per heavy atom. The zero-order chi connectivity index (χ0) is 20.5. The Balaban J connectivity index is 1.88. The van der Waals surface area contributed by atoms with Gasteiger partial charge in [-0.2, -0.15) is 0 Å². The fourth-order valence-corrected chi connectivity index (χ4v) is 3.68. The van der Waals surface area contributed by atoms with Crippen molar-refractivity contribution in [2.45, 2.75) is 45.6 Å². The monoisotopic (exact) mass is 398 g/mol. The molecule has 156 valence electrons. The second-order valence-electron chi connectivity index (χ2n) is 7.00. The van der Waals surface area contributed by atoms with Gasteiger partial charge in [0.2, 0.25) is 0 Å². The second kappa shape index (κ2) is 10.8. The molecular formula is C22H30N4O3. The maximum atomic E-state index is 10.8. The van der Waals surface area contributed by atoms with E-state index in [1.807, 2.05) is 6.92 Å². The summed E-state index contributed by atoms with van der Waals surface area (Å²) >= 11 is 0. The lowest BCUT2D eigenvalue weighted by atomic mass is 10.0. The van der Waals surface area contributed by atoms with Gasteiger partial charge in [-0.15, -0.1) is 0 Å². The van der Waals surface area contributed by atoms with E-state index in [-0.39, 0.29) is 0 Å². The zero-order valence-corrected chi connectivity index (χ0v) is 17.3. The van der Waals surface area contributed by atoms with Gasteiger partial charge in [0, 0.05) is 32.2 Å². The van der Waals surface area contributed by atoms with E-state index in [2.05, 4.69) is 45.3 Å². The van der Waals surface area contributed by atoms with Crippen molar-refractivity contribution in [2.24, 2.45) is 0 Å². The average molecular weight is 399 g/mol. The van der Waals surface area contributed by atoms with E-state index >= 15 is 0 Å². The molecule has 1 aromatic heterocycles. The number of aryl methyl sites for hydroxylation is 1. The Kier molecular flexibility index (Phi) is 7.81. The summed E-state index contributed by atoms with van der Waals surface area (Å²) in [6, 6.07) is 7.21. The first-order chi connectivity index (χ1) is 14.2. The SMILES string of the molecule is CCOc1ncc(Nc2cc(CCC=O)ccc2N(CC)C2CCOCC2)cn1. The summed E-state index contributed by atoms with van der Waals surface area (Å²) in [5.74, 6) is 0. The number of carbonyl (C=O) groups is 1. The molecule has 0 aliphatic carbocycles. The van der Waals surface area contributed by atoms with E-state index in [4.69, 9.17) is 9.47 Å². The molecule has 0 saturated carbocycles. The third-order valence-corrected chi connectivity index (χ3v) is 5.07. The highest BCUT2D eigenvalue weighted by atomic mass is 16.5. The number of aldehydes is 1. The Bertz CT molecular complexity index is 776. The fraction of sp³-hybridized carbons (Fsp3) is 0.500. The molecule has 1 saturated heterocycles. The molecule has 29 heavy (non-hydrogen) atoms. The molecule has 2 aromatic rings. The van der Waals surface area contributed by atoms with Gasteiger partial charge >= 0.3 is 6.01 Å². The number of hydrogen-bond donors (Lipinski definition) is 1. The lowest BCUT2D eigenvalue weighted by Crippen LogP contribution is -2.39. The van der Waals surface area contributed by atoms with E-state index in [1.54, 1.807) is 12.4 Å². The topological polar surface area (TPSA) is 76.6 Å². The zero-order valence-electron chi connectivity index (χ0n) is 17.3. The number of benzene rings is 1. The predicted molar refractivity (Wildman–Crippen MR) is 114 cm³/mol. The molecular weight excluding hydrogens is 368 g/mol. The van der Waals surface area contributed by atoms with Crippen molar-refractivity contribution in [3.8, 4) is 6.01 Å². The standard InChI is InChI=1S/C22H30N4O3/c1-3-26(19-9-12-28-13-10-19)21-8-7-17(6-5-11-27)14-20(21)25-18-15-23-22(24-16-18)29-4-2/h7-8,11,14-16,19,25H,3-6,9-10,12-13H2,1-2H3. The lowest BCUT2D eigenvalue weighted by Gasteiger charge is -2.36. The number of hydrogen-bond acceptors (Lipinski definition) is 7. The average Bonchev–Trinajstić information content (AvgIpc) is 2.76.